The number of ketones is 1. The number of hydrogen-bond donors (Lipinski definition) is 1. The molecule has 2 nitrogen and oxygen atoms in total. The molecular formula is C14H20ClNO. The highest BCUT2D eigenvalue weighted by Gasteiger charge is 2.04. The molecule has 0 unspecified atom stereocenters. The molecule has 0 aromatic heterocycles. The molecule has 0 atom stereocenters. The van der Waals surface area contributed by atoms with Crippen LogP contribution in [-0.2, 0) is 11.2 Å². The minimum absolute atomic E-state index is 0.276. The fraction of sp³-hybridized carbons (Fsp3) is 0.500. The zero-order valence-corrected chi connectivity index (χ0v) is 11.3. The van der Waals surface area contributed by atoms with Crippen molar-refractivity contribution in [2.45, 2.75) is 39.2 Å². The molecule has 0 radical (unpaired) electrons. The van der Waals surface area contributed by atoms with Gasteiger partial charge in [0.2, 0.25) is 0 Å². The van der Waals surface area contributed by atoms with E-state index in [2.05, 4.69) is 19.2 Å². The van der Waals surface area contributed by atoms with Gasteiger partial charge in [0, 0.05) is 23.9 Å². The molecule has 3 heteroatoms. The van der Waals surface area contributed by atoms with Gasteiger partial charge in [0.1, 0.15) is 5.78 Å². The van der Waals surface area contributed by atoms with Gasteiger partial charge in [-0.25, -0.2) is 0 Å². The number of carbonyl (C=O) groups excluding carboxylic acids is 1. The van der Waals surface area contributed by atoms with Gasteiger partial charge < -0.3 is 5.32 Å². The summed E-state index contributed by atoms with van der Waals surface area (Å²) in [4.78, 5) is 11.7. The van der Waals surface area contributed by atoms with Crippen LogP contribution in [0.25, 0.3) is 0 Å². The predicted molar refractivity (Wildman–Crippen MR) is 72.5 cm³/mol. The predicted octanol–water partition coefficient (Wildman–Crippen LogP) is 3.23. The Hall–Kier alpha value is -0.860. The van der Waals surface area contributed by atoms with Crippen molar-refractivity contribution in [2.24, 2.45) is 0 Å². The second kappa shape index (κ2) is 7.46. The van der Waals surface area contributed by atoms with Gasteiger partial charge in [-0.1, -0.05) is 37.6 Å². The Bertz CT molecular complexity index is 363. The average Bonchev–Trinajstić information content (AvgIpc) is 2.24. The minimum atomic E-state index is 0.276. The number of nitrogens with one attached hydrogen (secondary N) is 1. The lowest BCUT2D eigenvalue weighted by Gasteiger charge is -2.07. The van der Waals surface area contributed by atoms with Crippen LogP contribution in [0, 0.1) is 0 Å². The van der Waals surface area contributed by atoms with E-state index >= 15 is 0 Å². The Morgan fingerprint density at radius 3 is 2.82 bits per heavy atom. The summed E-state index contributed by atoms with van der Waals surface area (Å²) in [7, 11) is 0. The van der Waals surface area contributed by atoms with Crippen molar-refractivity contribution in [3.63, 3.8) is 0 Å². The van der Waals surface area contributed by atoms with E-state index in [0.29, 0.717) is 23.9 Å². The first kappa shape index (κ1) is 14.2. The Morgan fingerprint density at radius 1 is 1.41 bits per heavy atom. The third-order valence-corrected chi connectivity index (χ3v) is 2.71. The summed E-state index contributed by atoms with van der Waals surface area (Å²) in [5.41, 5.74) is 0.999. The number of Topliss-reactive ketones (excluding diaryl/α,β-unsaturated/α-hetero) is 1. The van der Waals surface area contributed by atoms with Crippen molar-refractivity contribution in [1.29, 1.82) is 0 Å². The van der Waals surface area contributed by atoms with E-state index < -0.39 is 0 Å². The summed E-state index contributed by atoms with van der Waals surface area (Å²) in [6, 6.07) is 7.98. The lowest BCUT2D eigenvalue weighted by Crippen LogP contribution is -2.24. The highest BCUT2D eigenvalue weighted by atomic mass is 35.5. The maximum atomic E-state index is 11.7. The highest BCUT2D eigenvalue weighted by Crippen LogP contribution is 2.12. The first-order chi connectivity index (χ1) is 8.08. The van der Waals surface area contributed by atoms with Crippen molar-refractivity contribution < 1.29 is 4.79 Å². The second-order valence-electron chi connectivity index (χ2n) is 4.56. The molecule has 0 aliphatic rings. The van der Waals surface area contributed by atoms with Gasteiger partial charge in [-0.15, -0.1) is 0 Å². The maximum absolute atomic E-state index is 11.7. The molecule has 0 aliphatic carbocycles. The first-order valence-electron chi connectivity index (χ1n) is 6.07. The largest absolute Gasteiger partial charge is 0.315 e. The molecule has 1 rings (SSSR count). The summed E-state index contributed by atoms with van der Waals surface area (Å²) >= 11 is 5.87. The zero-order chi connectivity index (χ0) is 12.7. The van der Waals surface area contributed by atoms with Crippen LogP contribution >= 0.6 is 11.6 Å². The van der Waals surface area contributed by atoms with Gasteiger partial charge in [0.05, 0.1) is 0 Å². The average molecular weight is 254 g/mol. The van der Waals surface area contributed by atoms with Crippen molar-refractivity contribution in [3.8, 4) is 0 Å². The van der Waals surface area contributed by atoms with E-state index in [1.807, 2.05) is 24.3 Å². The van der Waals surface area contributed by atoms with Gasteiger partial charge in [-0.2, -0.15) is 0 Å². The molecule has 0 fully saturated rings. The van der Waals surface area contributed by atoms with E-state index in [-0.39, 0.29) is 5.78 Å². The topological polar surface area (TPSA) is 29.1 Å². The Labute approximate surface area is 108 Å². The summed E-state index contributed by atoms with van der Waals surface area (Å²) in [5, 5.41) is 3.99. The molecule has 0 saturated heterocycles. The van der Waals surface area contributed by atoms with Gasteiger partial charge in [0.25, 0.3) is 0 Å². The maximum Gasteiger partial charge on any atom is 0.137 e. The van der Waals surface area contributed by atoms with E-state index in [0.717, 1.165) is 18.5 Å². The number of carbonyl (C=O) groups is 1. The van der Waals surface area contributed by atoms with Gasteiger partial charge in [0.15, 0.2) is 0 Å². The number of benzene rings is 1. The van der Waals surface area contributed by atoms with E-state index in [9.17, 15) is 4.79 Å². The molecule has 1 aromatic carbocycles. The minimum Gasteiger partial charge on any atom is -0.315 e. The highest BCUT2D eigenvalue weighted by molar-refractivity contribution is 6.30. The molecule has 0 bridgehead atoms. The second-order valence-corrected chi connectivity index (χ2v) is 4.99. The Kier molecular flexibility index (Phi) is 6.23. The van der Waals surface area contributed by atoms with Gasteiger partial charge in [-0.3, -0.25) is 4.79 Å². The van der Waals surface area contributed by atoms with Crippen LogP contribution in [0.5, 0.6) is 0 Å². The molecule has 0 amide bonds. The van der Waals surface area contributed by atoms with Crippen LogP contribution in [0.4, 0.5) is 0 Å². The molecule has 0 aliphatic heterocycles. The third kappa shape index (κ3) is 6.44. The SMILES string of the molecule is CC(C)NCCCC(=O)Cc1cccc(Cl)c1. The van der Waals surface area contributed by atoms with Crippen molar-refractivity contribution in [3.05, 3.63) is 34.9 Å². The van der Waals surface area contributed by atoms with Gasteiger partial charge in [-0.05, 0) is 30.7 Å². The van der Waals surface area contributed by atoms with E-state index in [1.54, 1.807) is 0 Å². The summed E-state index contributed by atoms with van der Waals surface area (Å²) in [5.74, 6) is 0.276. The van der Waals surface area contributed by atoms with Crippen LogP contribution < -0.4 is 5.32 Å². The van der Waals surface area contributed by atoms with Crippen molar-refractivity contribution >= 4 is 17.4 Å². The summed E-state index contributed by atoms with van der Waals surface area (Å²) in [6.45, 7) is 5.11. The molecular weight excluding hydrogens is 234 g/mol. The van der Waals surface area contributed by atoms with Crippen LogP contribution in [-0.4, -0.2) is 18.4 Å². The fourth-order valence-corrected chi connectivity index (χ4v) is 1.85. The molecule has 17 heavy (non-hydrogen) atoms. The monoisotopic (exact) mass is 253 g/mol. The van der Waals surface area contributed by atoms with E-state index in [1.165, 1.54) is 0 Å². The number of hydrogen-bond acceptors (Lipinski definition) is 2. The quantitative estimate of drug-likeness (QED) is 0.756. The zero-order valence-electron chi connectivity index (χ0n) is 10.5. The Balaban J connectivity index is 2.25. The van der Waals surface area contributed by atoms with Crippen molar-refractivity contribution in [1.82, 2.24) is 5.32 Å². The molecule has 1 N–H and O–H groups in total. The third-order valence-electron chi connectivity index (χ3n) is 2.48. The fourth-order valence-electron chi connectivity index (χ4n) is 1.64. The van der Waals surface area contributed by atoms with Crippen LogP contribution in [0.3, 0.4) is 0 Å². The van der Waals surface area contributed by atoms with Crippen molar-refractivity contribution in [2.75, 3.05) is 6.54 Å². The van der Waals surface area contributed by atoms with Gasteiger partial charge >= 0.3 is 0 Å². The standard InChI is InChI=1S/C14H20ClNO/c1-11(2)16-8-4-7-14(17)10-12-5-3-6-13(15)9-12/h3,5-6,9,11,16H,4,7-8,10H2,1-2H3. The van der Waals surface area contributed by atoms with E-state index in [4.69, 9.17) is 11.6 Å². The lowest BCUT2D eigenvalue weighted by atomic mass is 10.1. The molecule has 0 spiro atoms. The molecule has 0 heterocycles. The number of rotatable bonds is 7. The van der Waals surface area contributed by atoms with Crippen LogP contribution in [0.1, 0.15) is 32.3 Å². The van der Waals surface area contributed by atoms with Crippen LogP contribution in [0.2, 0.25) is 5.02 Å². The Morgan fingerprint density at radius 2 is 2.18 bits per heavy atom. The molecule has 94 valence electrons. The number of halogens is 1. The first-order valence-corrected chi connectivity index (χ1v) is 6.45. The summed E-state index contributed by atoms with van der Waals surface area (Å²) < 4.78 is 0. The molecule has 0 saturated carbocycles. The normalized spacial score (nSPS) is 10.8. The summed E-state index contributed by atoms with van der Waals surface area (Å²) in [6.07, 6.45) is 2.02. The lowest BCUT2D eigenvalue weighted by molar-refractivity contribution is -0.118. The van der Waals surface area contributed by atoms with Crippen LogP contribution in [0.15, 0.2) is 24.3 Å². The smallest absolute Gasteiger partial charge is 0.137 e. The molecule has 1 aromatic rings.